The van der Waals surface area contributed by atoms with Gasteiger partial charge in [-0.05, 0) is 18.2 Å². The molecule has 0 spiro atoms. The van der Waals surface area contributed by atoms with Crippen molar-refractivity contribution >= 4 is 54.4 Å². The number of hydrogen-bond acceptors (Lipinski definition) is 6. The molecule has 2 aromatic rings. The Hall–Kier alpha value is -2.09. The summed E-state index contributed by atoms with van der Waals surface area (Å²) < 4.78 is 0. The number of imidazole rings is 1. The fourth-order valence-corrected chi connectivity index (χ4v) is 1.93. The molecule has 2 aromatic heterocycles. The van der Waals surface area contributed by atoms with Crippen molar-refractivity contribution in [2.24, 2.45) is 4.99 Å². The van der Waals surface area contributed by atoms with Crippen LogP contribution in [0.15, 0.2) is 23.3 Å². The molecule has 0 aliphatic carbocycles. The lowest BCUT2D eigenvalue weighted by Gasteiger charge is -1.98. The van der Waals surface area contributed by atoms with Crippen molar-refractivity contribution in [2.45, 2.75) is 0 Å². The number of rotatable bonds is 4. The number of pyridine rings is 1. The molecule has 7 nitrogen and oxygen atoms in total. The first kappa shape index (κ1) is 18.0. The van der Waals surface area contributed by atoms with Crippen molar-refractivity contribution in [2.75, 3.05) is 18.5 Å². The zero-order chi connectivity index (χ0) is 13.9. The van der Waals surface area contributed by atoms with Gasteiger partial charge >= 0.3 is 0 Å². The first-order valence-corrected chi connectivity index (χ1v) is 6.13. The van der Waals surface area contributed by atoms with E-state index in [1.807, 2.05) is 12.1 Å². The van der Waals surface area contributed by atoms with Crippen LogP contribution >= 0.6 is 24.8 Å². The molecule has 0 fully saturated rings. The molecule has 1 aliphatic rings. The lowest BCUT2D eigenvalue weighted by Crippen LogP contribution is -2.06. The monoisotopic (exact) mass is 343 g/mol. The fourth-order valence-electron chi connectivity index (χ4n) is 1.93. The lowest BCUT2D eigenvalue weighted by atomic mass is 10.1. The van der Waals surface area contributed by atoms with E-state index < -0.39 is 0 Å². The third-order valence-electron chi connectivity index (χ3n) is 2.84. The Morgan fingerprint density at radius 1 is 1.32 bits per heavy atom. The number of anilines is 1. The molecule has 9 heteroatoms. The Balaban J connectivity index is 0.00000121. The molecule has 0 saturated carbocycles. The largest absolute Gasteiger partial charge is 0.492 e. The molecule has 0 radical (unpaired) electrons. The van der Waals surface area contributed by atoms with Crippen LogP contribution in [0.2, 0.25) is 0 Å². The van der Waals surface area contributed by atoms with Gasteiger partial charge in [0.1, 0.15) is 5.69 Å². The Kier molecular flexibility index (Phi) is 6.36. The maximum Gasteiger partial charge on any atom is 0.238 e. The van der Waals surface area contributed by atoms with Gasteiger partial charge in [0.05, 0.1) is 6.61 Å². The number of halogens is 2. The Bertz CT molecular complexity index is 699. The van der Waals surface area contributed by atoms with E-state index in [1.165, 1.54) is 0 Å². The van der Waals surface area contributed by atoms with Crippen molar-refractivity contribution in [3.05, 3.63) is 29.6 Å². The first-order chi connectivity index (χ1) is 9.78. The summed E-state index contributed by atoms with van der Waals surface area (Å²) in [5.74, 6) is 0.963. The van der Waals surface area contributed by atoms with E-state index in [1.54, 1.807) is 18.5 Å². The van der Waals surface area contributed by atoms with Crippen LogP contribution in [0, 0.1) is 0 Å². The van der Waals surface area contributed by atoms with Crippen LogP contribution in [0.1, 0.15) is 11.3 Å². The van der Waals surface area contributed by atoms with E-state index in [9.17, 15) is 5.11 Å². The van der Waals surface area contributed by atoms with Crippen LogP contribution in [0.4, 0.5) is 11.8 Å². The average molecular weight is 344 g/mol. The second kappa shape index (κ2) is 7.79. The second-order valence-electron chi connectivity index (χ2n) is 4.21. The summed E-state index contributed by atoms with van der Waals surface area (Å²) in [7, 11) is 0. The minimum absolute atomic E-state index is 0. The van der Waals surface area contributed by atoms with E-state index in [2.05, 4.69) is 25.3 Å². The third-order valence-corrected chi connectivity index (χ3v) is 2.84. The maximum atomic E-state index is 9.79. The second-order valence-corrected chi connectivity index (χ2v) is 4.21. The third kappa shape index (κ3) is 3.56. The van der Waals surface area contributed by atoms with E-state index >= 15 is 0 Å². The molecule has 0 aromatic carbocycles. The Morgan fingerprint density at radius 2 is 2.14 bits per heavy atom. The highest BCUT2D eigenvalue weighted by atomic mass is 35.5. The highest BCUT2D eigenvalue weighted by Crippen LogP contribution is 2.31. The molecule has 0 atom stereocenters. The number of aliphatic hydroxyl groups excluding tert-OH is 1. The van der Waals surface area contributed by atoms with E-state index in [0.717, 1.165) is 11.1 Å². The summed E-state index contributed by atoms with van der Waals surface area (Å²) in [6.45, 7) is 0.348. The smallest absolute Gasteiger partial charge is 0.238 e. The zero-order valence-electron chi connectivity index (χ0n) is 11.4. The molecular weight excluding hydrogens is 329 g/mol. The number of aromatic hydroxyl groups is 1. The highest BCUT2D eigenvalue weighted by Gasteiger charge is 2.14. The number of allylic oxidation sites excluding steroid dienone is 1. The number of aliphatic imine (C=N–C) groups is 1. The highest BCUT2D eigenvalue weighted by molar-refractivity contribution is 6.20. The van der Waals surface area contributed by atoms with Crippen LogP contribution in [-0.2, 0) is 0 Å². The van der Waals surface area contributed by atoms with Crippen molar-refractivity contribution in [1.29, 1.82) is 0 Å². The van der Waals surface area contributed by atoms with Crippen molar-refractivity contribution in [3.63, 3.8) is 0 Å². The molecule has 0 saturated heterocycles. The van der Waals surface area contributed by atoms with Gasteiger partial charge in [-0.2, -0.15) is 4.98 Å². The zero-order valence-corrected chi connectivity index (χ0v) is 13.0. The van der Waals surface area contributed by atoms with E-state index in [4.69, 9.17) is 5.11 Å². The van der Waals surface area contributed by atoms with Gasteiger partial charge in [0.2, 0.25) is 11.8 Å². The average Bonchev–Trinajstić information content (AvgIpc) is 3.02. The van der Waals surface area contributed by atoms with Crippen molar-refractivity contribution in [3.8, 4) is 5.88 Å². The standard InChI is InChI=1S/C13H13N5O2.2ClH/c19-5-4-15-13-17-10(12(20)18-13)6-8-7-16-11-9(8)2-1-3-14-11;;/h1-3,6-7,19-20H,4-5H2,(H2,15,17,18);2*1H/b8-6+;;. The number of aliphatic hydroxyl groups is 1. The van der Waals surface area contributed by atoms with E-state index in [0.29, 0.717) is 24.0 Å². The molecule has 3 heterocycles. The number of nitrogens with one attached hydrogen (secondary N) is 2. The number of hydrogen-bond donors (Lipinski definition) is 4. The van der Waals surface area contributed by atoms with Gasteiger partial charge in [-0.3, -0.25) is 0 Å². The summed E-state index contributed by atoms with van der Waals surface area (Å²) in [6.07, 6.45) is 5.13. The minimum Gasteiger partial charge on any atom is -0.492 e. The van der Waals surface area contributed by atoms with Gasteiger partial charge in [0, 0.05) is 30.1 Å². The van der Waals surface area contributed by atoms with Gasteiger partial charge in [0.25, 0.3) is 0 Å². The topological polar surface area (TPSA) is 106 Å². The summed E-state index contributed by atoms with van der Waals surface area (Å²) in [6, 6.07) is 3.75. The molecule has 3 rings (SSSR count). The number of aromatic amines is 1. The van der Waals surface area contributed by atoms with Gasteiger partial charge in [-0.25, -0.2) is 9.98 Å². The number of nitrogens with zero attached hydrogens (tertiary/aromatic N) is 3. The number of H-pyrrole nitrogens is 1. The van der Waals surface area contributed by atoms with Crippen LogP contribution in [0.25, 0.3) is 11.6 Å². The molecule has 1 aliphatic heterocycles. The van der Waals surface area contributed by atoms with Crippen LogP contribution < -0.4 is 5.32 Å². The normalized spacial score (nSPS) is 13.4. The quantitative estimate of drug-likeness (QED) is 0.679. The van der Waals surface area contributed by atoms with Gasteiger partial charge in [0.15, 0.2) is 5.82 Å². The predicted octanol–water partition coefficient (Wildman–Crippen LogP) is 2.01. The Labute approximate surface area is 139 Å². The first-order valence-electron chi connectivity index (χ1n) is 6.13. The summed E-state index contributed by atoms with van der Waals surface area (Å²) >= 11 is 0. The predicted molar refractivity (Wildman–Crippen MR) is 90.6 cm³/mol. The van der Waals surface area contributed by atoms with Crippen LogP contribution in [0.5, 0.6) is 5.88 Å². The van der Waals surface area contributed by atoms with Crippen LogP contribution in [-0.4, -0.2) is 44.5 Å². The summed E-state index contributed by atoms with van der Waals surface area (Å²) in [5.41, 5.74) is 2.23. The summed E-state index contributed by atoms with van der Waals surface area (Å²) in [5, 5.41) is 21.4. The Morgan fingerprint density at radius 3 is 2.91 bits per heavy atom. The minimum atomic E-state index is -0.108. The molecule has 0 unspecified atom stereocenters. The van der Waals surface area contributed by atoms with Gasteiger partial charge < -0.3 is 20.5 Å². The lowest BCUT2D eigenvalue weighted by molar-refractivity contribution is 0.311. The fraction of sp³-hybridized carbons (Fsp3) is 0.154. The molecule has 0 bridgehead atoms. The molecule has 22 heavy (non-hydrogen) atoms. The molecular formula is C13H15Cl2N5O2. The van der Waals surface area contributed by atoms with Gasteiger partial charge in [-0.15, -0.1) is 24.8 Å². The van der Waals surface area contributed by atoms with Crippen molar-refractivity contribution < 1.29 is 10.2 Å². The molecule has 0 amide bonds. The summed E-state index contributed by atoms with van der Waals surface area (Å²) in [4.78, 5) is 15.2. The van der Waals surface area contributed by atoms with E-state index in [-0.39, 0.29) is 37.3 Å². The van der Waals surface area contributed by atoms with Crippen molar-refractivity contribution in [1.82, 2.24) is 15.0 Å². The maximum absolute atomic E-state index is 9.79. The molecule has 118 valence electrons. The number of fused-ring (bicyclic) bond motifs is 1. The number of aromatic nitrogens is 3. The van der Waals surface area contributed by atoms with Crippen LogP contribution in [0.3, 0.4) is 0 Å². The SMILES string of the molecule is Cl.Cl.OCCNc1nc(O)c(/C=C2\C=Nc3ncccc32)[nH]1. The van der Waals surface area contributed by atoms with Gasteiger partial charge in [-0.1, -0.05) is 0 Å². The molecule has 4 N–H and O–H groups in total.